The van der Waals surface area contributed by atoms with E-state index < -0.39 is 0 Å². The van der Waals surface area contributed by atoms with E-state index in [0.717, 1.165) is 50.4 Å². The number of fused-ring (bicyclic) bond motifs is 1. The van der Waals surface area contributed by atoms with Crippen LogP contribution in [0.5, 0.6) is 0 Å². The SMILES string of the molecule is CNCCC1CCN(C(=O)c2ccc3c(c2)CCCC3)CC1. The lowest BCUT2D eigenvalue weighted by atomic mass is 9.89. The molecule has 1 fully saturated rings. The zero-order valence-electron chi connectivity index (χ0n) is 13.7. The number of carbonyl (C=O) groups is 1. The average molecular weight is 300 g/mol. The van der Waals surface area contributed by atoms with Crippen molar-refractivity contribution in [2.75, 3.05) is 26.7 Å². The molecule has 1 aliphatic heterocycles. The Kier molecular flexibility index (Phi) is 5.14. The van der Waals surface area contributed by atoms with Crippen molar-refractivity contribution in [2.45, 2.75) is 44.9 Å². The highest BCUT2D eigenvalue weighted by molar-refractivity contribution is 5.94. The summed E-state index contributed by atoms with van der Waals surface area (Å²) in [6.45, 7) is 2.93. The zero-order chi connectivity index (χ0) is 15.4. The molecule has 0 bridgehead atoms. The van der Waals surface area contributed by atoms with Crippen molar-refractivity contribution >= 4 is 5.91 Å². The highest BCUT2D eigenvalue weighted by Gasteiger charge is 2.24. The minimum atomic E-state index is 0.237. The highest BCUT2D eigenvalue weighted by Crippen LogP contribution is 2.25. The summed E-state index contributed by atoms with van der Waals surface area (Å²) in [6, 6.07) is 6.38. The zero-order valence-corrected chi connectivity index (χ0v) is 13.7. The molecule has 2 aliphatic rings. The number of carbonyl (C=O) groups excluding carboxylic acids is 1. The Labute approximate surface area is 134 Å². The van der Waals surface area contributed by atoms with E-state index in [1.807, 2.05) is 13.1 Å². The normalized spacial score (nSPS) is 19.0. The average Bonchev–Trinajstić information content (AvgIpc) is 2.59. The van der Waals surface area contributed by atoms with Crippen LogP contribution in [0.2, 0.25) is 0 Å². The Balaban J connectivity index is 1.60. The molecule has 1 N–H and O–H groups in total. The Hall–Kier alpha value is -1.35. The maximum Gasteiger partial charge on any atom is 0.253 e. The van der Waals surface area contributed by atoms with Gasteiger partial charge in [0.2, 0.25) is 0 Å². The molecule has 1 aromatic rings. The summed E-state index contributed by atoms with van der Waals surface area (Å²) in [5.74, 6) is 1.01. The Morgan fingerprint density at radius 3 is 2.64 bits per heavy atom. The lowest BCUT2D eigenvalue weighted by Gasteiger charge is -2.32. The fourth-order valence-electron chi connectivity index (χ4n) is 3.82. The summed E-state index contributed by atoms with van der Waals surface area (Å²) in [5.41, 5.74) is 3.75. The summed E-state index contributed by atoms with van der Waals surface area (Å²) in [7, 11) is 2.01. The van der Waals surface area contributed by atoms with Gasteiger partial charge in [0.15, 0.2) is 0 Å². The number of aryl methyl sites for hydroxylation is 2. The van der Waals surface area contributed by atoms with Crippen LogP contribution in [0.4, 0.5) is 0 Å². The van der Waals surface area contributed by atoms with Crippen LogP contribution in [0.1, 0.15) is 53.6 Å². The molecule has 1 heterocycles. The van der Waals surface area contributed by atoms with Crippen molar-refractivity contribution < 1.29 is 4.79 Å². The molecule has 120 valence electrons. The second-order valence-corrected chi connectivity index (χ2v) is 6.82. The fourth-order valence-corrected chi connectivity index (χ4v) is 3.82. The van der Waals surface area contributed by atoms with Crippen LogP contribution in [-0.4, -0.2) is 37.5 Å². The number of amides is 1. The second kappa shape index (κ2) is 7.28. The second-order valence-electron chi connectivity index (χ2n) is 6.82. The van der Waals surface area contributed by atoms with Gasteiger partial charge in [0.1, 0.15) is 0 Å². The first-order chi connectivity index (χ1) is 10.8. The van der Waals surface area contributed by atoms with Crippen LogP contribution in [0.15, 0.2) is 18.2 Å². The summed E-state index contributed by atoms with van der Waals surface area (Å²) in [4.78, 5) is 14.8. The number of nitrogens with zero attached hydrogens (tertiary/aromatic N) is 1. The van der Waals surface area contributed by atoms with Crippen LogP contribution < -0.4 is 5.32 Å². The first kappa shape index (κ1) is 15.5. The van der Waals surface area contributed by atoms with E-state index in [0.29, 0.717) is 0 Å². The number of hydrogen-bond acceptors (Lipinski definition) is 2. The molecule has 0 atom stereocenters. The van der Waals surface area contributed by atoms with E-state index in [1.165, 1.54) is 36.8 Å². The molecule has 1 amide bonds. The van der Waals surface area contributed by atoms with Gasteiger partial charge in [0.05, 0.1) is 0 Å². The van der Waals surface area contributed by atoms with E-state index >= 15 is 0 Å². The van der Waals surface area contributed by atoms with Crippen LogP contribution in [0.3, 0.4) is 0 Å². The lowest BCUT2D eigenvalue weighted by molar-refractivity contribution is 0.0687. The van der Waals surface area contributed by atoms with Gasteiger partial charge in [-0.2, -0.15) is 0 Å². The molecule has 3 heteroatoms. The molecular formula is C19H28N2O. The number of hydrogen-bond donors (Lipinski definition) is 1. The summed E-state index contributed by atoms with van der Waals surface area (Å²) >= 11 is 0. The third-order valence-corrected chi connectivity index (χ3v) is 5.30. The van der Waals surface area contributed by atoms with Crippen molar-refractivity contribution in [1.29, 1.82) is 0 Å². The van der Waals surface area contributed by atoms with Gasteiger partial charge in [-0.25, -0.2) is 0 Å². The number of rotatable bonds is 4. The number of piperidine rings is 1. The van der Waals surface area contributed by atoms with Crippen LogP contribution >= 0.6 is 0 Å². The van der Waals surface area contributed by atoms with Gasteiger partial charge in [-0.15, -0.1) is 0 Å². The van der Waals surface area contributed by atoms with Gasteiger partial charge < -0.3 is 10.2 Å². The largest absolute Gasteiger partial charge is 0.339 e. The summed E-state index contributed by atoms with van der Waals surface area (Å²) in [5, 5.41) is 3.22. The Morgan fingerprint density at radius 2 is 1.91 bits per heavy atom. The molecule has 0 radical (unpaired) electrons. The quantitative estimate of drug-likeness (QED) is 0.927. The fraction of sp³-hybridized carbons (Fsp3) is 0.632. The van der Waals surface area contributed by atoms with Gasteiger partial charge in [-0.05, 0) is 87.7 Å². The number of nitrogens with one attached hydrogen (secondary N) is 1. The molecule has 0 saturated carbocycles. The molecule has 0 spiro atoms. The third kappa shape index (κ3) is 3.52. The van der Waals surface area contributed by atoms with Crippen molar-refractivity contribution in [1.82, 2.24) is 10.2 Å². The van der Waals surface area contributed by atoms with Gasteiger partial charge in [-0.3, -0.25) is 4.79 Å². The van der Waals surface area contributed by atoms with E-state index in [2.05, 4.69) is 22.3 Å². The molecular weight excluding hydrogens is 272 g/mol. The van der Waals surface area contributed by atoms with Crippen molar-refractivity contribution in [3.8, 4) is 0 Å². The molecule has 1 saturated heterocycles. The third-order valence-electron chi connectivity index (χ3n) is 5.30. The topological polar surface area (TPSA) is 32.3 Å². The molecule has 0 unspecified atom stereocenters. The standard InChI is InChI=1S/C19H28N2O/c1-20-11-8-15-9-12-21(13-10-15)19(22)18-7-6-16-4-2-3-5-17(16)14-18/h6-7,14-15,20H,2-5,8-13H2,1H3. The molecule has 3 nitrogen and oxygen atoms in total. The molecule has 22 heavy (non-hydrogen) atoms. The Bertz CT molecular complexity index is 518. The smallest absolute Gasteiger partial charge is 0.253 e. The summed E-state index contributed by atoms with van der Waals surface area (Å²) in [6.07, 6.45) is 8.42. The van der Waals surface area contributed by atoms with Gasteiger partial charge in [0.25, 0.3) is 5.91 Å². The minimum Gasteiger partial charge on any atom is -0.339 e. The predicted molar refractivity (Wildman–Crippen MR) is 90.3 cm³/mol. The molecule has 1 aromatic carbocycles. The first-order valence-corrected chi connectivity index (χ1v) is 8.83. The van der Waals surface area contributed by atoms with E-state index in [1.54, 1.807) is 0 Å². The monoisotopic (exact) mass is 300 g/mol. The van der Waals surface area contributed by atoms with Gasteiger partial charge >= 0.3 is 0 Å². The lowest BCUT2D eigenvalue weighted by Crippen LogP contribution is -2.39. The van der Waals surface area contributed by atoms with Gasteiger partial charge in [0, 0.05) is 18.7 Å². The van der Waals surface area contributed by atoms with E-state index in [4.69, 9.17) is 0 Å². The molecule has 3 rings (SSSR count). The molecule has 0 aromatic heterocycles. The van der Waals surface area contributed by atoms with Crippen LogP contribution in [0.25, 0.3) is 0 Å². The van der Waals surface area contributed by atoms with Crippen LogP contribution in [-0.2, 0) is 12.8 Å². The van der Waals surface area contributed by atoms with Crippen molar-refractivity contribution in [3.05, 3.63) is 34.9 Å². The van der Waals surface area contributed by atoms with Crippen molar-refractivity contribution in [2.24, 2.45) is 5.92 Å². The number of benzene rings is 1. The Morgan fingerprint density at radius 1 is 1.18 bits per heavy atom. The first-order valence-electron chi connectivity index (χ1n) is 8.83. The van der Waals surface area contributed by atoms with Crippen LogP contribution in [0, 0.1) is 5.92 Å². The maximum atomic E-state index is 12.7. The minimum absolute atomic E-state index is 0.237. The summed E-state index contributed by atoms with van der Waals surface area (Å²) < 4.78 is 0. The predicted octanol–water partition coefficient (Wildman–Crippen LogP) is 3.03. The van der Waals surface area contributed by atoms with E-state index in [-0.39, 0.29) is 5.91 Å². The molecule has 1 aliphatic carbocycles. The van der Waals surface area contributed by atoms with E-state index in [9.17, 15) is 4.79 Å². The maximum absolute atomic E-state index is 12.7. The highest BCUT2D eigenvalue weighted by atomic mass is 16.2. The number of likely N-dealkylation sites (tertiary alicyclic amines) is 1. The van der Waals surface area contributed by atoms with Crippen molar-refractivity contribution in [3.63, 3.8) is 0 Å². The van der Waals surface area contributed by atoms with Gasteiger partial charge in [-0.1, -0.05) is 6.07 Å².